The highest BCUT2D eigenvalue weighted by molar-refractivity contribution is 6.19. The van der Waals surface area contributed by atoms with Crippen LogP contribution in [-0.4, -0.2) is 42.6 Å². The molecule has 2 rings (SSSR count). The lowest BCUT2D eigenvalue weighted by molar-refractivity contribution is -0.140. The van der Waals surface area contributed by atoms with E-state index in [0.717, 1.165) is 35.5 Å². The minimum Gasteiger partial charge on any atom is -0.494 e. The molecule has 2 amide bonds. The lowest BCUT2D eigenvalue weighted by atomic mass is 9.93. The van der Waals surface area contributed by atoms with Crippen molar-refractivity contribution >= 4 is 17.9 Å². The zero-order chi connectivity index (χ0) is 22.8. The largest absolute Gasteiger partial charge is 0.494 e. The molecule has 0 unspecified atom stereocenters. The van der Waals surface area contributed by atoms with Gasteiger partial charge in [0.2, 0.25) is 0 Å². The van der Waals surface area contributed by atoms with Gasteiger partial charge >= 0.3 is 0 Å². The summed E-state index contributed by atoms with van der Waals surface area (Å²) in [5.74, 6) is -0.145. The van der Waals surface area contributed by atoms with Gasteiger partial charge in [-0.2, -0.15) is 5.26 Å². The monoisotopic (exact) mass is 424 g/mol. The number of rotatable bonds is 11. The Kier molecular flexibility index (Phi) is 9.48. The first-order valence-corrected chi connectivity index (χ1v) is 10.9. The highest BCUT2D eigenvalue weighted by Crippen LogP contribution is 2.27. The Hall–Kier alpha value is -2.91. The molecule has 0 atom stereocenters. The van der Waals surface area contributed by atoms with E-state index >= 15 is 0 Å². The first-order valence-electron chi connectivity index (χ1n) is 10.9. The molecule has 166 valence electrons. The fourth-order valence-corrected chi connectivity index (χ4v) is 3.24. The lowest BCUT2D eigenvalue weighted by Crippen LogP contribution is -2.43. The summed E-state index contributed by atoms with van der Waals surface area (Å²) < 4.78 is 11.2. The standard InChI is InChI=1S/C25H32N2O4/c1-5-6-7-14-31-21-11-9-20(10-12-21)16-22-19(4)23(17-26)25(29)27(24(22)28)13-8-15-30-18(2)3/h9-12,16,18H,5-8,13-15H2,1-4H3/b22-16+. The van der Waals surface area contributed by atoms with E-state index in [0.29, 0.717) is 30.8 Å². The quantitative estimate of drug-likeness (QED) is 0.293. The van der Waals surface area contributed by atoms with E-state index in [1.54, 1.807) is 13.0 Å². The third kappa shape index (κ3) is 6.80. The van der Waals surface area contributed by atoms with Crippen LogP contribution in [-0.2, 0) is 14.3 Å². The summed E-state index contributed by atoms with van der Waals surface area (Å²) in [6.45, 7) is 8.99. The van der Waals surface area contributed by atoms with Gasteiger partial charge in [0, 0.05) is 18.7 Å². The molecule has 0 saturated heterocycles. The molecular formula is C25H32N2O4. The van der Waals surface area contributed by atoms with Gasteiger partial charge in [-0.05, 0) is 63.0 Å². The summed E-state index contributed by atoms with van der Waals surface area (Å²) in [5, 5.41) is 9.49. The Morgan fingerprint density at radius 1 is 1.06 bits per heavy atom. The SMILES string of the molecule is CCCCCOc1ccc(/C=C2/C(=O)N(CCCOC(C)C)C(=O)C(C#N)=C2C)cc1. The molecule has 1 aromatic rings. The lowest BCUT2D eigenvalue weighted by Gasteiger charge is -2.27. The van der Waals surface area contributed by atoms with Crippen molar-refractivity contribution in [3.63, 3.8) is 0 Å². The number of imide groups is 1. The van der Waals surface area contributed by atoms with Crippen molar-refractivity contribution in [1.29, 1.82) is 5.26 Å². The number of carbonyl (C=O) groups excluding carboxylic acids is 2. The number of hydrogen-bond acceptors (Lipinski definition) is 5. The summed E-state index contributed by atoms with van der Waals surface area (Å²) in [6.07, 6.45) is 5.62. The van der Waals surface area contributed by atoms with E-state index in [-0.39, 0.29) is 24.1 Å². The number of ether oxygens (including phenoxy) is 2. The van der Waals surface area contributed by atoms with Crippen molar-refractivity contribution < 1.29 is 19.1 Å². The highest BCUT2D eigenvalue weighted by Gasteiger charge is 2.35. The molecular weight excluding hydrogens is 392 g/mol. The Balaban J connectivity index is 2.18. The summed E-state index contributed by atoms with van der Waals surface area (Å²) in [7, 11) is 0. The molecule has 1 aromatic carbocycles. The van der Waals surface area contributed by atoms with Gasteiger partial charge in [-0.3, -0.25) is 14.5 Å². The number of amides is 2. The number of unbranched alkanes of at least 4 members (excludes halogenated alkanes) is 2. The van der Waals surface area contributed by atoms with Crippen LogP contribution in [0.1, 0.15) is 58.9 Å². The van der Waals surface area contributed by atoms with Crippen molar-refractivity contribution in [2.45, 2.75) is 59.5 Å². The Labute approximate surface area is 185 Å². The van der Waals surface area contributed by atoms with Crippen LogP contribution in [0.15, 0.2) is 41.0 Å². The number of nitriles is 1. The average Bonchev–Trinajstić information content (AvgIpc) is 2.75. The van der Waals surface area contributed by atoms with Crippen LogP contribution in [0.2, 0.25) is 0 Å². The molecule has 0 bridgehead atoms. The number of carbonyl (C=O) groups is 2. The van der Waals surface area contributed by atoms with Gasteiger partial charge in [0.25, 0.3) is 11.8 Å². The van der Waals surface area contributed by atoms with E-state index < -0.39 is 5.91 Å². The molecule has 1 heterocycles. The molecule has 0 spiro atoms. The fourth-order valence-electron chi connectivity index (χ4n) is 3.24. The molecule has 1 aliphatic rings. The molecule has 0 fully saturated rings. The van der Waals surface area contributed by atoms with Crippen LogP contribution in [0.5, 0.6) is 5.75 Å². The second kappa shape index (κ2) is 12.1. The zero-order valence-electron chi connectivity index (χ0n) is 18.9. The first kappa shape index (κ1) is 24.4. The van der Waals surface area contributed by atoms with Gasteiger partial charge < -0.3 is 9.47 Å². The van der Waals surface area contributed by atoms with Crippen molar-refractivity contribution in [3.05, 3.63) is 46.5 Å². The predicted octanol–water partition coefficient (Wildman–Crippen LogP) is 4.66. The Morgan fingerprint density at radius 3 is 2.39 bits per heavy atom. The highest BCUT2D eigenvalue weighted by atomic mass is 16.5. The van der Waals surface area contributed by atoms with Crippen LogP contribution in [0.25, 0.3) is 6.08 Å². The molecule has 6 nitrogen and oxygen atoms in total. The van der Waals surface area contributed by atoms with Crippen LogP contribution in [0, 0.1) is 11.3 Å². The van der Waals surface area contributed by atoms with Crippen LogP contribution < -0.4 is 4.74 Å². The van der Waals surface area contributed by atoms with E-state index in [4.69, 9.17) is 9.47 Å². The second-order valence-electron chi connectivity index (χ2n) is 7.83. The smallest absolute Gasteiger partial charge is 0.271 e. The normalized spacial score (nSPS) is 15.7. The minimum absolute atomic E-state index is 0.00602. The third-order valence-electron chi connectivity index (χ3n) is 5.01. The molecule has 0 aromatic heterocycles. The average molecular weight is 425 g/mol. The third-order valence-corrected chi connectivity index (χ3v) is 5.01. The van der Waals surface area contributed by atoms with E-state index in [2.05, 4.69) is 6.92 Å². The second-order valence-corrected chi connectivity index (χ2v) is 7.83. The molecule has 0 saturated carbocycles. The topological polar surface area (TPSA) is 79.6 Å². The molecule has 0 N–H and O–H groups in total. The van der Waals surface area contributed by atoms with Crippen molar-refractivity contribution in [1.82, 2.24) is 4.90 Å². The summed E-state index contributed by atoms with van der Waals surface area (Å²) >= 11 is 0. The molecule has 6 heteroatoms. The molecule has 0 aliphatic carbocycles. The maximum absolute atomic E-state index is 13.0. The Bertz CT molecular complexity index is 876. The van der Waals surface area contributed by atoms with Gasteiger partial charge in [0.15, 0.2) is 0 Å². The first-order chi connectivity index (χ1) is 14.9. The van der Waals surface area contributed by atoms with Gasteiger partial charge in [-0.1, -0.05) is 31.9 Å². The minimum atomic E-state index is -0.539. The van der Waals surface area contributed by atoms with Gasteiger partial charge in [0.1, 0.15) is 17.4 Å². The maximum atomic E-state index is 13.0. The van der Waals surface area contributed by atoms with E-state index in [1.807, 2.05) is 44.2 Å². The predicted molar refractivity (Wildman–Crippen MR) is 120 cm³/mol. The van der Waals surface area contributed by atoms with Crippen molar-refractivity contribution in [2.24, 2.45) is 0 Å². The summed E-state index contributed by atoms with van der Waals surface area (Å²) in [4.78, 5) is 26.8. The van der Waals surface area contributed by atoms with E-state index in [1.165, 1.54) is 0 Å². The molecule has 31 heavy (non-hydrogen) atoms. The van der Waals surface area contributed by atoms with Crippen LogP contribution in [0.4, 0.5) is 0 Å². The Morgan fingerprint density at radius 2 is 1.77 bits per heavy atom. The molecule has 0 radical (unpaired) electrons. The molecule has 1 aliphatic heterocycles. The fraction of sp³-hybridized carbons (Fsp3) is 0.480. The van der Waals surface area contributed by atoms with Crippen LogP contribution >= 0.6 is 0 Å². The number of nitrogens with zero attached hydrogens (tertiary/aromatic N) is 2. The van der Waals surface area contributed by atoms with Gasteiger partial charge in [0.05, 0.1) is 12.7 Å². The summed E-state index contributed by atoms with van der Waals surface area (Å²) in [5.41, 5.74) is 1.58. The number of hydrogen-bond donors (Lipinski definition) is 0. The van der Waals surface area contributed by atoms with Gasteiger partial charge in [-0.15, -0.1) is 0 Å². The van der Waals surface area contributed by atoms with Crippen molar-refractivity contribution in [3.8, 4) is 11.8 Å². The van der Waals surface area contributed by atoms with E-state index in [9.17, 15) is 14.9 Å². The maximum Gasteiger partial charge on any atom is 0.271 e. The van der Waals surface area contributed by atoms with Gasteiger partial charge in [-0.25, -0.2) is 0 Å². The van der Waals surface area contributed by atoms with Crippen molar-refractivity contribution in [2.75, 3.05) is 19.8 Å². The number of benzene rings is 1. The van der Waals surface area contributed by atoms with Crippen LogP contribution in [0.3, 0.4) is 0 Å². The zero-order valence-corrected chi connectivity index (χ0v) is 18.9. The summed E-state index contributed by atoms with van der Waals surface area (Å²) in [6, 6.07) is 9.43.